The molecule has 0 heterocycles. The molecule has 1 amide bonds. The van der Waals surface area contributed by atoms with Crippen molar-refractivity contribution in [2.24, 2.45) is 5.41 Å². The van der Waals surface area contributed by atoms with Crippen molar-refractivity contribution in [2.75, 3.05) is 0 Å². The monoisotopic (exact) mass is 335 g/mol. The fraction of sp³-hybridized carbons (Fsp3) is 0.467. The summed E-state index contributed by atoms with van der Waals surface area (Å²) in [4.78, 5) is 22.9. The number of carboxylic acid groups (broad SMARTS) is 1. The summed E-state index contributed by atoms with van der Waals surface area (Å²) in [6.45, 7) is 2.59. The van der Waals surface area contributed by atoms with Gasteiger partial charge in [0.1, 0.15) is 5.82 Å². The average Bonchev–Trinajstić information content (AvgIpc) is 2.36. The Kier molecular flexibility index (Phi) is 5.74. The van der Waals surface area contributed by atoms with Gasteiger partial charge in [-0.05, 0) is 31.5 Å². The summed E-state index contributed by atoms with van der Waals surface area (Å²) in [6.07, 6.45) is -6.36. The van der Waals surface area contributed by atoms with E-state index in [1.807, 2.05) is 0 Å². The molecule has 4 nitrogen and oxygen atoms in total. The van der Waals surface area contributed by atoms with E-state index < -0.39 is 48.2 Å². The van der Waals surface area contributed by atoms with Crippen LogP contribution in [0.4, 0.5) is 17.6 Å². The van der Waals surface area contributed by atoms with Crippen LogP contribution in [-0.2, 0) is 9.59 Å². The molecule has 0 bridgehead atoms. The van der Waals surface area contributed by atoms with Gasteiger partial charge in [-0.3, -0.25) is 9.59 Å². The Morgan fingerprint density at radius 3 is 2.13 bits per heavy atom. The van der Waals surface area contributed by atoms with Crippen LogP contribution in [0.5, 0.6) is 0 Å². The molecule has 1 aromatic rings. The lowest BCUT2D eigenvalue weighted by molar-refractivity contribution is -0.151. The predicted molar refractivity (Wildman–Crippen MR) is 74.0 cm³/mol. The highest BCUT2D eigenvalue weighted by atomic mass is 19.4. The number of halogens is 4. The van der Waals surface area contributed by atoms with Gasteiger partial charge in [-0.25, -0.2) is 4.39 Å². The van der Waals surface area contributed by atoms with E-state index in [1.165, 1.54) is 13.8 Å². The standard InChI is InChI=1S/C15H17F4NO3/c1-14(2,13(22)23)8-12(21)20-11(7-15(17,18)19)9-3-5-10(16)6-4-9/h3-6,11H,7-8H2,1-2H3,(H,20,21)(H,22,23). The molecule has 1 rings (SSSR count). The van der Waals surface area contributed by atoms with Crippen molar-refractivity contribution in [3.63, 3.8) is 0 Å². The lowest BCUT2D eigenvalue weighted by atomic mass is 9.89. The summed E-state index contributed by atoms with van der Waals surface area (Å²) in [5.74, 6) is -2.67. The van der Waals surface area contributed by atoms with Crippen molar-refractivity contribution in [3.8, 4) is 0 Å². The van der Waals surface area contributed by atoms with Crippen LogP contribution in [0.2, 0.25) is 0 Å². The number of rotatable bonds is 6. The van der Waals surface area contributed by atoms with Gasteiger partial charge < -0.3 is 10.4 Å². The molecule has 2 N–H and O–H groups in total. The molecular weight excluding hydrogens is 318 g/mol. The first kappa shape index (κ1) is 18.9. The fourth-order valence-electron chi connectivity index (χ4n) is 1.90. The molecule has 0 saturated heterocycles. The molecule has 1 aromatic carbocycles. The number of alkyl halides is 3. The highest BCUT2D eigenvalue weighted by Crippen LogP contribution is 2.30. The first-order chi connectivity index (χ1) is 10.4. The third-order valence-corrected chi connectivity index (χ3v) is 3.22. The third kappa shape index (κ3) is 6.25. The van der Waals surface area contributed by atoms with Gasteiger partial charge in [0.15, 0.2) is 0 Å². The lowest BCUT2D eigenvalue weighted by Gasteiger charge is -2.24. The third-order valence-electron chi connectivity index (χ3n) is 3.22. The number of benzene rings is 1. The highest BCUT2D eigenvalue weighted by Gasteiger charge is 2.35. The topological polar surface area (TPSA) is 66.4 Å². The van der Waals surface area contributed by atoms with E-state index in [1.54, 1.807) is 0 Å². The second-order valence-corrected chi connectivity index (χ2v) is 5.86. The Morgan fingerprint density at radius 2 is 1.70 bits per heavy atom. The Balaban J connectivity index is 2.91. The molecule has 23 heavy (non-hydrogen) atoms. The van der Waals surface area contributed by atoms with Crippen LogP contribution >= 0.6 is 0 Å². The molecule has 0 radical (unpaired) electrons. The molecule has 0 aliphatic rings. The van der Waals surface area contributed by atoms with Gasteiger partial charge in [0.25, 0.3) is 0 Å². The molecule has 0 aliphatic heterocycles. The predicted octanol–water partition coefficient (Wildman–Crippen LogP) is 3.44. The van der Waals surface area contributed by atoms with E-state index in [-0.39, 0.29) is 5.56 Å². The van der Waals surface area contributed by atoms with Crippen LogP contribution in [0.3, 0.4) is 0 Å². The molecule has 8 heteroatoms. The first-order valence-electron chi connectivity index (χ1n) is 6.76. The number of carboxylic acids is 1. The van der Waals surface area contributed by atoms with Crippen LogP contribution in [0, 0.1) is 11.2 Å². The molecule has 0 aliphatic carbocycles. The minimum atomic E-state index is -4.55. The molecule has 1 atom stereocenters. The zero-order chi connectivity index (χ0) is 17.8. The second kappa shape index (κ2) is 6.97. The first-order valence-corrected chi connectivity index (χ1v) is 6.76. The highest BCUT2D eigenvalue weighted by molar-refractivity contribution is 5.84. The van der Waals surface area contributed by atoms with Crippen molar-refractivity contribution in [3.05, 3.63) is 35.6 Å². The summed E-state index contributed by atoms with van der Waals surface area (Å²) in [5.41, 5.74) is -1.32. The number of amides is 1. The smallest absolute Gasteiger partial charge is 0.391 e. The van der Waals surface area contributed by atoms with E-state index in [0.29, 0.717) is 0 Å². The van der Waals surface area contributed by atoms with Crippen molar-refractivity contribution in [2.45, 2.75) is 38.9 Å². The zero-order valence-electron chi connectivity index (χ0n) is 12.6. The van der Waals surface area contributed by atoms with E-state index in [2.05, 4.69) is 5.32 Å². The van der Waals surface area contributed by atoms with Crippen molar-refractivity contribution < 1.29 is 32.3 Å². The quantitative estimate of drug-likeness (QED) is 0.783. The van der Waals surface area contributed by atoms with Crippen LogP contribution < -0.4 is 5.32 Å². The lowest BCUT2D eigenvalue weighted by Crippen LogP contribution is -2.36. The van der Waals surface area contributed by atoms with Crippen molar-refractivity contribution in [1.29, 1.82) is 0 Å². The Morgan fingerprint density at radius 1 is 1.17 bits per heavy atom. The van der Waals surface area contributed by atoms with Crippen molar-refractivity contribution in [1.82, 2.24) is 5.32 Å². The number of aliphatic carboxylic acids is 1. The number of carbonyl (C=O) groups is 2. The largest absolute Gasteiger partial charge is 0.481 e. The van der Waals surface area contributed by atoms with Gasteiger partial charge in [-0.15, -0.1) is 0 Å². The molecular formula is C15H17F4NO3. The average molecular weight is 335 g/mol. The normalized spacial score (nSPS) is 13.5. The van der Waals surface area contributed by atoms with Crippen LogP contribution in [0.15, 0.2) is 24.3 Å². The molecule has 0 fully saturated rings. The van der Waals surface area contributed by atoms with Crippen LogP contribution in [0.1, 0.15) is 38.3 Å². The molecule has 1 unspecified atom stereocenters. The second-order valence-electron chi connectivity index (χ2n) is 5.86. The Bertz CT molecular complexity index is 567. The molecule has 0 aromatic heterocycles. The van der Waals surface area contributed by atoms with E-state index in [0.717, 1.165) is 24.3 Å². The van der Waals surface area contributed by atoms with Gasteiger partial charge in [0, 0.05) is 6.42 Å². The molecule has 128 valence electrons. The summed E-state index contributed by atoms with van der Waals surface area (Å²) in [6, 6.07) is 2.87. The van der Waals surface area contributed by atoms with Gasteiger partial charge in [-0.2, -0.15) is 13.2 Å². The Labute approximate surface area is 130 Å². The maximum absolute atomic E-state index is 12.9. The van der Waals surface area contributed by atoms with E-state index in [9.17, 15) is 27.2 Å². The van der Waals surface area contributed by atoms with E-state index >= 15 is 0 Å². The summed E-state index contributed by atoms with van der Waals surface area (Å²) in [5, 5.41) is 11.1. The maximum atomic E-state index is 12.9. The van der Waals surface area contributed by atoms with Gasteiger partial charge in [-0.1, -0.05) is 12.1 Å². The number of hydrogen-bond acceptors (Lipinski definition) is 2. The van der Waals surface area contributed by atoms with Crippen LogP contribution in [0.25, 0.3) is 0 Å². The van der Waals surface area contributed by atoms with Gasteiger partial charge in [0.2, 0.25) is 5.91 Å². The SMILES string of the molecule is CC(C)(CC(=O)NC(CC(F)(F)F)c1ccc(F)cc1)C(=O)O. The van der Waals surface area contributed by atoms with Crippen LogP contribution in [-0.4, -0.2) is 23.2 Å². The summed E-state index contributed by atoms with van der Waals surface area (Å²) in [7, 11) is 0. The molecule has 0 spiro atoms. The Hall–Kier alpha value is -2.12. The number of carbonyl (C=O) groups excluding carboxylic acids is 1. The summed E-state index contributed by atoms with van der Waals surface area (Å²) < 4.78 is 50.9. The van der Waals surface area contributed by atoms with Crippen molar-refractivity contribution >= 4 is 11.9 Å². The van der Waals surface area contributed by atoms with Gasteiger partial charge in [0.05, 0.1) is 17.9 Å². The maximum Gasteiger partial charge on any atom is 0.391 e. The minimum Gasteiger partial charge on any atom is -0.481 e. The number of hydrogen-bond donors (Lipinski definition) is 2. The molecule has 0 saturated carbocycles. The summed E-state index contributed by atoms with van der Waals surface area (Å²) >= 11 is 0. The van der Waals surface area contributed by atoms with Gasteiger partial charge >= 0.3 is 12.1 Å². The minimum absolute atomic E-state index is 0.0882. The zero-order valence-corrected chi connectivity index (χ0v) is 12.6. The van der Waals surface area contributed by atoms with E-state index in [4.69, 9.17) is 5.11 Å². The fourth-order valence-corrected chi connectivity index (χ4v) is 1.90. The number of nitrogens with one attached hydrogen (secondary N) is 1.